The van der Waals surface area contributed by atoms with Gasteiger partial charge in [-0.15, -0.1) is 0 Å². The summed E-state index contributed by atoms with van der Waals surface area (Å²) in [6.45, 7) is 1.82. The highest BCUT2D eigenvalue weighted by molar-refractivity contribution is 5.78. The van der Waals surface area contributed by atoms with Gasteiger partial charge in [-0.25, -0.2) is 4.39 Å². The fourth-order valence-electron chi connectivity index (χ4n) is 2.49. The fourth-order valence-corrected chi connectivity index (χ4v) is 2.49. The summed E-state index contributed by atoms with van der Waals surface area (Å²) >= 11 is 0. The molecule has 0 unspecified atom stereocenters. The zero-order valence-electron chi connectivity index (χ0n) is 13.6. The van der Waals surface area contributed by atoms with Crippen LogP contribution in [0.3, 0.4) is 0 Å². The van der Waals surface area contributed by atoms with E-state index in [9.17, 15) is 19.3 Å². The predicted octanol–water partition coefficient (Wildman–Crippen LogP) is 3.21. The van der Waals surface area contributed by atoms with Crippen LogP contribution in [0.15, 0.2) is 34.7 Å². The molecule has 0 atom stereocenters. The first-order valence-electron chi connectivity index (χ1n) is 7.85. The van der Waals surface area contributed by atoms with E-state index in [1.54, 1.807) is 4.90 Å². The number of non-ortho nitro benzene ring substituents is 1. The van der Waals surface area contributed by atoms with Crippen molar-refractivity contribution in [2.45, 2.75) is 32.4 Å². The van der Waals surface area contributed by atoms with E-state index in [0.717, 1.165) is 36.8 Å². The molecule has 1 aliphatic carbocycles. The maximum atomic E-state index is 13.8. The third-order valence-electron chi connectivity index (χ3n) is 3.91. The molecule has 1 saturated carbocycles. The lowest BCUT2D eigenvalue weighted by molar-refractivity contribution is -0.385. The molecule has 25 heavy (non-hydrogen) atoms. The Kier molecular flexibility index (Phi) is 4.69. The molecule has 1 heterocycles. The lowest BCUT2D eigenvalue weighted by Crippen LogP contribution is -2.36. The average molecular weight is 348 g/mol. The summed E-state index contributed by atoms with van der Waals surface area (Å²) in [5.41, 5.74) is -0.371. The van der Waals surface area contributed by atoms with Crippen LogP contribution in [-0.2, 0) is 11.3 Å². The van der Waals surface area contributed by atoms with E-state index in [2.05, 4.69) is 0 Å². The van der Waals surface area contributed by atoms with Crippen LogP contribution in [0.1, 0.15) is 24.4 Å². The van der Waals surface area contributed by atoms with E-state index < -0.39 is 10.7 Å². The largest absolute Gasteiger partial charge is 0.481 e. The van der Waals surface area contributed by atoms with Gasteiger partial charge in [0.25, 0.3) is 11.6 Å². The molecule has 3 rings (SSSR count). The van der Waals surface area contributed by atoms with Crippen LogP contribution in [-0.4, -0.2) is 28.4 Å². The van der Waals surface area contributed by atoms with Crippen LogP contribution < -0.4 is 4.74 Å². The molecule has 2 aromatic rings. The number of nitrogens with zero attached hydrogens (tertiary/aromatic N) is 2. The number of nitro benzene ring substituents is 1. The van der Waals surface area contributed by atoms with Gasteiger partial charge in [-0.3, -0.25) is 14.9 Å². The van der Waals surface area contributed by atoms with Crippen molar-refractivity contribution in [3.63, 3.8) is 0 Å². The molecular weight excluding hydrogens is 331 g/mol. The topological polar surface area (TPSA) is 85.8 Å². The van der Waals surface area contributed by atoms with E-state index in [4.69, 9.17) is 9.15 Å². The van der Waals surface area contributed by atoms with Crippen molar-refractivity contribution in [1.29, 1.82) is 0 Å². The number of furan rings is 1. The molecule has 0 saturated heterocycles. The molecule has 1 fully saturated rings. The van der Waals surface area contributed by atoms with Crippen LogP contribution in [0.2, 0.25) is 0 Å². The number of carbonyl (C=O) groups excluding carboxylic acids is 1. The Balaban J connectivity index is 1.63. The van der Waals surface area contributed by atoms with Gasteiger partial charge in [0.15, 0.2) is 18.2 Å². The van der Waals surface area contributed by atoms with E-state index in [0.29, 0.717) is 12.3 Å². The molecule has 1 aliphatic rings. The Hall–Kier alpha value is -2.90. The Bertz CT molecular complexity index is 800. The summed E-state index contributed by atoms with van der Waals surface area (Å²) in [4.78, 5) is 24.0. The predicted molar refractivity (Wildman–Crippen MR) is 85.6 cm³/mol. The minimum Gasteiger partial charge on any atom is -0.481 e. The molecular formula is C17H17FN2O5. The number of halogens is 1. The van der Waals surface area contributed by atoms with E-state index in [1.165, 1.54) is 0 Å². The first-order valence-corrected chi connectivity index (χ1v) is 7.85. The Morgan fingerprint density at radius 3 is 2.72 bits per heavy atom. The minimum absolute atomic E-state index is 0.142. The van der Waals surface area contributed by atoms with Gasteiger partial charge in [0.1, 0.15) is 11.5 Å². The molecule has 0 N–H and O–H groups in total. The molecule has 7 nitrogen and oxygen atoms in total. The molecule has 1 aromatic carbocycles. The standard InChI is InChI=1S/C17H17FN2O5/c1-11-2-6-14(25-11)9-19(12-3-4-12)17(21)10-24-16-7-5-13(20(22)23)8-15(16)18/h2,5-8,12H,3-4,9-10H2,1H3. The maximum absolute atomic E-state index is 13.8. The first-order chi connectivity index (χ1) is 11.9. The molecule has 0 spiro atoms. The summed E-state index contributed by atoms with van der Waals surface area (Å²) < 4.78 is 24.5. The monoisotopic (exact) mass is 348 g/mol. The van der Waals surface area contributed by atoms with Crippen molar-refractivity contribution in [3.8, 4) is 5.75 Å². The number of benzene rings is 1. The molecule has 1 amide bonds. The van der Waals surface area contributed by atoms with Crippen molar-refractivity contribution in [2.24, 2.45) is 0 Å². The number of aryl methyl sites for hydroxylation is 1. The van der Waals surface area contributed by atoms with Crippen molar-refractivity contribution in [3.05, 3.63) is 57.8 Å². The van der Waals surface area contributed by atoms with Gasteiger partial charge in [0, 0.05) is 12.1 Å². The average Bonchev–Trinajstić information content (AvgIpc) is 3.33. The van der Waals surface area contributed by atoms with E-state index >= 15 is 0 Å². The number of hydrogen-bond acceptors (Lipinski definition) is 5. The normalized spacial score (nSPS) is 13.5. The van der Waals surface area contributed by atoms with Crippen molar-refractivity contribution in [1.82, 2.24) is 4.90 Å². The summed E-state index contributed by atoms with van der Waals surface area (Å²) in [5.74, 6) is 0.0983. The number of amides is 1. The first kappa shape index (κ1) is 16.9. The lowest BCUT2D eigenvalue weighted by atomic mass is 10.3. The smallest absolute Gasteiger partial charge is 0.272 e. The molecule has 132 valence electrons. The number of rotatable bonds is 7. The highest BCUT2D eigenvalue weighted by Gasteiger charge is 2.33. The number of carbonyl (C=O) groups is 1. The van der Waals surface area contributed by atoms with Gasteiger partial charge in [-0.1, -0.05) is 0 Å². The number of ether oxygens (including phenoxy) is 1. The summed E-state index contributed by atoms with van der Waals surface area (Å²) in [7, 11) is 0. The molecule has 0 aliphatic heterocycles. The maximum Gasteiger partial charge on any atom is 0.272 e. The number of hydrogen-bond donors (Lipinski definition) is 0. The van der Waals surface area contributed by atoms with Crippen LogP contribution in [0.5, 0.6) is 5.75 Å². The van der Waals surface area contributed by atoms with Crippen molar-refractivity contribution < 1.29 is 23.3 Å². The Morgan fingerprint density at radius 2 is 2.16 bits per heavy atom. The zero-order valence-corrected chi connectivity index (χ0v) is 13.6. The zero-order chi connectivity index (χ0) is 18.0. The van der Waals surface area contributed by atoms with Crippen molar-refractivity contribution in [2.75, 3.05) is 6.61 Å². The number of nitro groups is 1. The van der Waals surface area contributed by atoms with Crippen LogP contribution in [0.4, 0.5) is 10.1 Å². The van der Waals surface area contributed by atoms with Crippen LogP contribution in [0, 0.1) is 22.9 Å². The summed E-state index contributed by atoms with van der Waals surface area (Å²) in [6.07, 6.45) is 1.83. The van der Waals surface area contributed by atoms with Gasteiger partial charge in [0.2, 0.25) is 0 Å². The summed E-state index contributed by atoms with van der Waals surface area (Å²) in [5, 5.41) is 10.6. The Labute approximate surface area is 143 Å². The van der Waals surface area contributed by atoms with Gasteiger partial charge in [-0.05, 0) is 38.0 Å². The third-order valence-corrected chi connectivity index (χ3v) is 3.91. The van der Waals surface area contributed by atoms with E-state index in [-0.39, 0.29) is 30.0 Å². The minimum atomic E-state index is -0.873. The van der Waals surface area contributed by atoms with Gasteiger partial charge in [-0.2, -0.15) is 0 Å². The molecule has 1 aromatic heterocycles. The lowest BCUT2D eigenvalue weighted by Gasteiger charge is -2.21. The molecule has 0 bridgehead atoms. The second-order valence-corrected chi connectivity index (χ2v) is 5.93. The van der Waals surface area contributed by atoms with Gasteiger partial charge < -0.3 is 14.1 Å². The fraction of sp³-hybridized carbons (Fsp3) is 0.353. The van der Waals surface area contributed by atoms with Gasteiger partial charge >= 0.3 is 0 Å². The Morgan fingerprint density at radius 1 is 1.40 bits per heavy atom. The van der Waals surface area contributed by atoms with Gasteiger partial charge in [0.05, 0.1) is 17.5 Å². The van der Waals surface area contributed by atoms with Crippen LogP contribution in [0.25, 0.3) is 0 Å². The second-order valence-electron chi connectivity index (χ2n) is 5.93. The van der Waals surface area contributed by atoms with Crippen molar-refractivity contribution >= 4 is 11.6 Å². The SMILES string of the molecule is Cc1ccc(CN(C(=O)COc2ccc([N+](=O)[O-])cc2F)C2CC2)o1. The highest BCUT2D eigenvalue weighted by atomic mass is 19.1. The van der Waals surface area contributed by atoms with Crippen LogP contribution >= 0.6 is 0 Å². The second kappa shape index (κ2) is 6.92. The third kappa shape index (κ3) is 4.14. The summed E-state index contributed by atoms with van der Waals surface area (Å²) in [6, 6.07) is 6.83. The highest BCUT2D eigenvalue weighted by Crippen LogP contribution is 2.29. The quantitative estimate of drug-likeness (QED) is 0.566. The molecule has 8 heteroatoms. The molecule has 0 radical (unpaired) electrons. The van der Waals surface area contributed by atoms with E-state index in [1.807, 2.05) is 19.1 Å².